The van der Waals surface area contributed by atoms with Crippen LogP contribution in [-0.4, -0.2) is 17.0 Å². The highest BCUT2D eigenvalue weighted by atomic mass is 19.1. The number of nitrogens with zero attached hydrogens (tertiary/aromatic N) is 3. The lowest BCUT2D eigenvalue weighted by Gasteiger charge is -2.11. The molecule has 1 heterocycles. The number of aromatic nitrogens is 2. The summed E-state index contributed by atoms with van der Waals surface area (Å²) < 4.78 is 13.5. The average molecular weight is 257 g/mol. The van der Waals surface area contributed by atoms with E-state index in [1.807, 2.05) is 13.0 Å². The molecule has 0 unspecified atom stereocenters. The van der Waals surface area contributed by atoms with Crippen molar-refractivity contribution < 1.29 is 4.39 Å². The Morgan fingerprint density at radius 3 is 2.84 bits per heavy atom. The molecule has 2 rings (SSSR count). The third-order valence-corrected chi connectivity index (χ3v) is 2.57. The van der Waals surface area contributed by atoms with E-state index in [9.17, 15) is 4.39 Å². The standard InChI is InChI=1S/C13H12FN5/c1-8-7-17-13(16-2)19-12(8)18-11-5-3-4-10(14)9(11)6-15/h3-5,7H,1-2H3,(H2,16,17,18,19). The Kier molecular flexibility index (Phi) is 3.57. The van der Waals surface area contributed by atoms with Crippen LogP contribution in [-0.2, 0) is 0 Å². The molecule has 0 fully saturated rings. The Bertz CT molecular complexity index is 648. The third-order valence-electron chi connectivity index (χ3n) is 2.57. The van der Waals surface area contributed by atoms with Crippen LogP contribution in [0.3, 0.4) is 0 Å². The van der Waals surface area contributed by atoms with E-state index in [0.29, 0.717) is 17.5 Å². The molecular formula is C13H12FN5. The molecule has 0 saturated heterocycles. The van der Waals surface area contributed by atoms with E-state index in [1.165, 1.54) is 12.1 Å². The molecule has 0 bridgehead atoms. The van der Waals surface area contributed by atoms with Crippen LogP contribution < -0.4 is 10.6 Å². The Hall–Kier alpha value is -2.68. The maximum Gasteiger partial charge on any atom is 0.224 e. The number of halogens is 1. The van der Waals surface area contributed by atoms with Crippen molar-refractivity contribution in [2.45, 2.75) is 6.92 Å². The normalized spacial score (nSPS) is 9.79. The molecule has 1 aromatic carbocycles. The maximum atomic E-state index is 13.5. The zero-order chi connectivity index (χ0) is 13.8. The molecule has 19 heavy (non-hydrogen) atoms. The summed E-state index contributed by atoms with van der Waals surface area (Å²) in [4.78, 5) is 8.28. The third kappa shape index (κ3) is 2.60. The Morgan fingerprint density at radius 2 is 2.16 bits per heavy atom. The molecule has 0 aliphatic carbocycles. The second-order valence-electron chi connectivity index (χ2n) is 3.87. The SMILES string of the molecule is CNc1ncc(C)c(Nc2cccc(F)c2C#N)n1. The van der Waals surface area contributed by atoms with Gasteiger partial charge in [-0.2, -0.15) is 10.2 Å². The average Bonchev–Trinajstić information content (AvgIpc) is 2.41. The van der Waals surface area contributed by atoms with Crippen molar-refractivity contribution in [1.82, 2.24) is 9.97 Å². The Balaban J connectivity index is 2.42. The highest BCUT2D eigenvalue weighted by Crippen LogP contribution is 2.23. The largest absolute Gasteiger partial charge is 0.357 e. The number of hydrogen-bond donors (Lipinski definition) is 2. The number of nitriles is 1. The fraction of sp³-hybridized carbons (Fsp3) is 0.154. The zero-order valence-corrected chi connectivity index (χ0v) is 10.5. The molecule has 5 nitrogen and oxygen atoms in total. The summed E-state index contributed by atoms with van der Waals surface area (Å²) >= 11 is 0. The van der Waals surface area contributed by atoms with Crippen LogP contribution in [0.5, 0.6) is 0 Å². The molecule has 1 aromatic heterocycles. The number of hydrogen-bond acceptors (Lipinski definition) is 5. The van der Waals surface area contributed by atoms with E-state index in [-0.39, 0.29) is 5.56 Å². The Labute approximate surface area is 110 Å². The summed E-state index contributed by atoms with van der Waals surface area (Å²) in [5.41, 5.74) is 1.14. The van der Waals surface area contributed by atoms with E-state index in [1.54, 1.807) is 19.3 Å². The van der Waals surface area contributed by atoms with Crippen molar-refractivity contribution in [2.24, 2.45) is 0 Å². The molecule has 0 radical (unpaired) electrons. The van der Waals surface area contributed by atoms with Gasteiger partial charge >= 0.3 is 0 Å². The van der Waals surface area contributed by atoms with Crippen LogP contribution in [0.2, 0.25) is 0 Å². The van der Waals surface area contributed by atoms with E-state index in [2.05, 4.69) is 20.6 Å². The highest BCUT2D eigenvalue weighted by molar-refractivity contribution is 5.66. The number of benzene rings is 1. The first-order valence-electron chi connectivity index (χ1n) is 5.62. The van der Waals surface area contributed by atoms with Crippen LogP contribution in [0, 0.1) is 24.1 Å². The Morgan fingerprint density at radius 1 is 1.37 bits per heavy atom. The minimum absolute atomic E-state index is 0.0356. The lowest BCUT2D eigenvalue weighted by Crippen LogP contribution is -2.04. The second-order valence-corrected chi connectivity index (χ2v) is 3.87. The van der Waals surface area contributed by atoms with Gasteiger partial charge in [0, 0.05) is 18.8 Å². The maximum absolute atomic E-state index is 13.5. The smallest absolute Gasteiger partial charge is 0.224 e. The first kappa shape index (κ1) is 12.8. The van der Waals surface area contributed by atoms with Crippen LogP contribution in [0.4, 0.5) is 21.8 Å². The van der Waals surface area contributed by atoms with Crippen molar-refractivity contribution >= 4 is 17.5 Å². The van der Waals surface area contributed by atoms with Crippen LogP contribution in [0.15, 0.2) is 24.4 Å². The van der Waals surface area contributed by atoms with Gasteiger partial charge in [-0.3, -0.25) is 0 Å². The first-order chi connectivity index (χ1) is 9.15. The lowest BCUT2D eigenvalue weighted by molar-refractivity contribution is 0.624. The number of anilines is 3. The summed E-state index contributed by atoms with van der Waals surface area (Å²) in [6, 6.07) is 6.24. The minimum atomic E-state index is -0.562. The molecule has 0 saturated carbocycles. The van der Waals surface area contributed by atoms with Gasteiger partial charge in [0.15, 0.2) is 0 Å². The van der Waals surface area contributed by atoms with Crippen LogP contribution in [0.1, 0.15) is 11.1 Å². The summed E-state index contributed by atoms with van der Waals surface area (Å²) in [6.07, 6.45) is 1.65. The van der Waals surface area contributed by atoms with Gasteiger partial charge in [0.1, 0.15) is 23.3 Å². The van der Waals surface area contributed by atoms with E-state index in [4.69, 9.17) is 5.26 Å². The highest BCUT2D eigenvalue weighted by Gasteiger charge is 2.10. The van der Waals surface area contributed by atoms with Crippen LogP contribution in [0.25, 0.3) is 0 Å². The fourth-order valence-corrected chi connectivity index (χ4v) is 1.56. The molecule has 2 N–H and O–H groups in total. The molecule has 0 amide bonds. The molecule has 6 heteroatoms. The minimum Gasteiger partial charge on any atom is -0.357 e. The van der Waals surface area contributed by atoms with Gasteiger partial charge in [-0.1, -0.05) is 6.07 Å². The number of rotatable bonds is 3. The molecule has 0 aliphatic rings. The van der Waals surface area contributed by atoms with Crippen LogP contribution >= 0.6 is 0 Å². The van der Waals surface area contributed by atoms with Crippen molar-refractivity contribution in [2.75, 3.05) is 17.7 Å². The predicted molar refractivity (Wildman–Crippen MR) is 70.7 cm³/mol. The monoisotopic (exact) mass is 257 g/mol. The van der Waals surface area contributed by atoms with Crippen molar-refractivity contribution in [3.05, 3.63) is 41.3 Å². The number of aryl methyl sites for hydroxylation is 1. The van der Waals surface area contributed by atoms with Gasteiger partial charge in [-0.15, -0.1) is 0 Å². The van der Waals surface area contributed by atoms with Crippen molar-refractivity contribution in [3.63, 3.8) is 0 Å². The van der Waals surface area contributed by atoms with Crippen molar-refractivity contribution in [1.29, 1.82) is 5.26 Å². The van der Waals surface area contributed by atoms with Crippen molar-refractivity contribution in [3.8, 4) is 6.07 Å². The summed E-state index contributed by atoms with van der Waals surface area (Å²) in [5.74, 6) is 0.414. The molecule has 96 valence electrons. The van der Waals surface area contributed by atoms with Gasteiger partial charge in [-0.05, 0) is 19.1 Å². The van der Waals surface area contributed by atoms with Gasteiger partial charge in [-0.25, -0.2) is 9.37 Å². The summed E-state index contributed by atoms with van der Waals surface area (Å²) in [5, 5.41) is 14.7. The van der Waals surface area contributed by atoms with Gasteiger partial charge in [0.2, 0.25) is 5.95 Å². The number of nitrogens with one attached hydrogen (secondary N) is 2. The van der Waals surface area contributed by atoms with E-state index >= 15 is 0 Å². The van der Waals surface area contributed by atoms with Gasteiger partial charge in [0.05, 0.1) is 5.69 Å². The lowest BCUT2D eigenvalue weighted by atomic mass is 10.2. The first-order valence-corrected chi connectivity index (χ1v) is 5.62. The summed E-state index contributed by atoms with van der Waals surface area (Å²) in [6.45, 7) is 1.83. The molecule has 0 aliphatic heterocycles. The molecular weight excluding hydrogens is 245 g/mol. The second kappa shape index (κ2) is 5.31. The van der Waals surface area contributed by atoms with Gasteiger partial charge in [0.25, 0.3) is 0 Å². The zero-order valence-electron chi connectivity index (χ0n) is 10.5. The molecule has 0 atom stereocenters. The molecule has 2 aromatic rings. The fourth-order valence-electron chi connectivity index (χ4n) is 1.56. The van der Waals surface area contributed by atoms with E-state index in [0.717, 1.165) is 5.56 Å². The van der Waals surface area contributed by atoms with E-state index < -0.39 is 5.82 Å². The topological polar surface area (TPSA) is 73.6 Å². The predicted octanol–water partition coefficient (Wildman–Crippen LogP) is 2.58. The quantitative estimate of drug-likeness (QED) is 0.884. The molecule has 0 spiro atoms. The summed E-state index contributed by atoms with van der Waals surface area (Å²) in [7, 11) is 1.71. The van der Waals surface area contributed by atoms with Gasteiger partial charge < -0.3 is 10.6 Å².